The topological polar surface area (TPSA) is 49.4 Å². The molecule has 0 unspecified atom stereocenters. The van der Waals surface area contributed by atoms with Crippen molar-refractivity contribution >= 4 is 22.8 Å². The van der Waals surface area contributed by atoms with Gasteiger partial charge in [0, 0.05) is 17.8 Å². The van der Waals surface area contributed by atoms with Gasteiger partial charge < -0.3 is 0 Å². The van der Waals surface area contributed by atoms with E-state index >= 15 is 0 Å². The number of hydrogen-bond acceptors (Lipinski definition) is 4. The molecule has 0 spiro atoms. The first kappa shape index (κ1) is 14.0. The standard InChI is InChI=1S/C21H14N4/c1-13-8-20-11-18-5-4-16(23-18)9-14-2-3-15(22-14)10-17-6-7-19(24-17)12-21(13)25-20/h2-10,12H,1,11H2/b15-10-,16-9-,19-12-. The van der Waals surface area contributed by atoms with Crippen molar-refractivity contribution < 1.29 is 0 Å². The zero-order chi connectivity index (χ0) is 16.8. The third-order valence-electron chi connectivity index (χ3n) is 4.26. The van der Waals surface area contributed by atoms with Gasteiger partial charge in [-0.05, 0) is 66.3 Å². The van der Waals surface area contributed by atoms with E-state index in [4.69, 9.17) is 0 Å². The van der Waals surface area contributed by atoms with Crippen LogP contribution in [0.15, 0.2) is 116 Å². The van der Waals surface area contributed by atoms with E-state index < -0.39 is 0 Å². The zero-order valence-electron chi connectivity index (χ0n) is 13.5. The van der Waals surface area contributed by atoms with E-state index in [2.05, 4.69) is 26.5 Å². The molecule has 0 aromatic rings. The highest BCUT2D eigenvalue weighted by atomic mass is 14.8. The van der Waals surface area contributed by atoms with Gasteiger partial charge >= 0.3 is 0 Å². The molecule has 0 aromatic carbocycles. The lowest BCUT2D eigenvalue weighted by Gasteiger charge is -1.97. The molecular formula is C21H14N4. The molecule has 118 valence electrons. The zero-order valence-corrected chi connectivity index (χ0v) is 13.5. The average molecular weight is 322 g/mol. The first-order valence-electron chi connectivity index (χ1n) is 8.14. The highest BCUT2D eigenvalue weighted by Crippen LogP contribution is 2.24. The summed E-state index contributed by atoms with van der Waals surface area (Å²) in [4.78, 5) is 18.6. The molecule has 4 heteroatoms. The third kappa shape index (κ3) is 2.68. The first-order chi connectivity index (χ1) is 12.2. The summed E-state index contributed by atoms with van der Waals surface area (Å²) in [7, 11) is 0. The van der Waals surface area contributed by atoms with Gasteiger partial charge in [-0.15, -0.1) is 0 Å². The van der Waals surface area contributed by atoms with Gasteiger partial charge in [-0.3, -0.25) is 9.98 Å². The molecular weight excluding hydrogens is 308 g/mol. The Kier molecular flexibility index (Phi) is 2.97. The molecule has 0 aromatic heterocycles. The van der Waals surface area contributed by atoms with Crippen LogP contribution >= 0.6 is 0 Å². The summed E-state index contributed by atoms with van der Waals surface area (Å²) in [5.41, 5.74) is 8.20. The van der Waals surface area contributed by atoms with Crippen molar-refractivity contribution in [1.82, 2.24) is 0 Å². The van der Waals surface area contributed by atoms with Crippen LogP contribution in [0.3, 0.4) is 0 Å². The van der Waals surface area contributed by atoms with E-state index in [1.807, 2.05) is 60.8 Å². The molecule has 5 rings (SSSR count). The summed E-state index contributed by atoms with van der Waals surface area (Å²) in [6.07, 6.45) is 20.6. The molecule has 0 saturated carbocycles. The Morgan fingerprint density at radius 2 is 1.28 bits per heavy atom. The Morgan fingerprint density at radius 1 is 0.640 bits per heavy atom. The second-order valence-electron chi connectivity index (χ2n) is 6.22. The van der Waals surface area contributed by atoms with Crippen molar-refractivity contribution in [2.45, 2.75) is 6.42 Å². The van der Waals surface area contributed by atoms with E-state index in [-0.39, 0.29) is 0 Å². The molecule has 25 heavy (non-hydrogen) atoms. The van der Waals surface area contributed by atoms with Crippen LogP contribution in [-0.2, 0) is 0 Å². The van der Waals surface area contributed by atoms with Gasteiger partial charge in [-0.1, -0.05) is 6.58 Å². The molecule has 0 aliphatic carbocycles. The van der Waals surface area contributed by atoms with Crippen molar-refractivity contribution in [3.8, 4) is 0 Å². The number of allylic oxidation sites excluding steroid dienone is 12. The Bertz CT molecular complexity index is 1060. The molecule has 8 bridgehead atoms. The van der Waals surface area contributed by atoms with Crippen molar-refractivity contribution in [2.24, 2.45) is 20.0 Å². The van der Waals surface area contributed by atoms with Crippen LogP contribution in [0.25, 0.3) is 0 Å². The summed E-state index contributed by atoms with van der Waals surface area (Å²) >= 11 is 0. The van der Waals surface area contributed by atoms with E-state index in [1.54, 1.807) is 0 Å². The second kappa shape index (κ2) is 5.31. The fourth-order valence-electron chi connectivity index (χ4n) is 3.09. The van der Waals surface area contributed by atoms with Crippen LogP contribution in [-0.4, -0.2) is 22.8 Å². The Morgan fingerprint density at radius 3 is 2.04 bits per heavy atom. The molecule has 4 nitrogen and oxygen atoms in total. The van der Waals surface area contributed by atoms with Crippen molar-refractivity contribution in [2.75, 3.05) is 0 Å². The molecule has 5 heterocycles. The molecule has 0 N–H and O–H groups in total. The minimum absolute atomic E-state index is 0.692. The number of hydrogen-bond donors (Lipinski definition) is 0. The van der Waals surface area contributed by atoms with Crippen LogP contribution in [0, 0.1) is 0 Å². The van der Waals surface area contributed by atoms with Crippen molar-refractivity contribution in [3.63, 3.8) is 0 Å². The quantitative estimate of drug-likeness (QED) is 0.648. The van der Waals surface area contributed by atoms with Crippen molar-refractivity contribution in [1.29, 1.82) is 0 Å². The number of rotatable bonds is 0. The summed E-state index contributed by atoms with van der Waals surface area (Å²) in [6, 6.07) is 0. The minimum Gasteiger partial charge on any atom is -0.253 e. The second-order valence-corrected chi connectivity index (χ2v) is 6.22. The van der Waals surface area contributed by atoms with E-state index in [0.717, 1.165) is 51.2 Å². The summed E-state index contributed by atoms with van der Waals surface area (Å²) in [5, 5.41) is 0. The average Bonchev–Trinajstić information content (AvgIpc) is 3.33. The van der Waals surface area contributed by atoms with Gasteiger partial charge in [0.1, 0.15) is 0 Å². The molecule has 0 radical (unpaired) electrons. The largest absolute Gasteiger partial charge is 0.253 e. The first-order valence-corrected chi connectivity index (χ1v) is 8.14. The summed E-state index contributed by atoms with van der Waals surface area (Å²) in [6.45, 7) is 4.10. The predicted octanol–water partition coefficient (Wildman–Crippen LogP) is 3.97. The van der Waals surface area contributed by atoms with Gasteiger partial charge in [0.25, 0.3) is 0 Å². The molecule has 0 fully saturated rings. The van der Waals surface area contributed by atoms with Gasteiger partial charge in [0.05, 0.1) is 34.2 Å². The maximum absolute atomic E-state index is 4.69. The molecule has 0 saturated heterocycles. The maximum atomic E-state index is 4.69. The van der Waals surface area contributed by atoms with E-state index in [0.29, 0.717) is 6.42 Å². The van der Waals surface area contributed by atoms with Crippen LogP contribution in [0.2, 0.25) is 0 Å². The monoisotopic (exact) mass is 322 g/mol. The fraction of sp³-hybridized carbons (Fsp3) is 0.0476. The van der Waals surface area contributed by atoms with Gasteiger partial charge in [0.2, 0.25) is 0 Å². The predicted molar refractivity (Wildman–Crippen MR) is 103 cm³/mol. The number of nitrogens with zero attached hydrogens (tertiary/aromatic N) is 4. The molecule has 5 aliphatic rings. The van der Waals surface area contributed by atoms with E-state index in [1.165, 1.54) is 0 Å². The highest BCUT2D eigenvalue weighted by molar-refractivity contribution is 6.15. The lowest BCUT2D eigenvalue weighted by atomic mass is 10.1. The molecule has 5 aliphatic heterocycles. The lowest BCUT2D eigenvalue weighted by molar-refractivity contribution is 1.22. The fourth-order valence-corrected chi connectivity index (χ4v) is 3.09. The maximum Gasteiger partial charge on any atom is 0.0721 e. The summed E-state index contributed by atoms with van der Waals surface area (Å²) in [5.74, 6) is 0. The van der Waals surface area contributed by atoms with Crippen LogP contribution < -0.4 is 0 Å². The summed E-state index contributed by atoms with van der Waals surface area (Å²) < 4.78 is 0. The minimum atomic E-state index is 0.692. The molecule has 0 atom stereocenters. The van der Waals surface area contributed by atoms with Crippen molar-refractivity contribution in [3.05, 3.63) is 95.7 Å². The number of fused-ring (bicyclic) bond motifs is 4. The van der Waals surface area contributed by atoms with Crippen LogP contribution in [0.1, 0.15) is 6.42 Å². The molecule has 0 amide bonds. The van der Waals surface area contributed by atoms with E-state index in [9.17, 15) is 0 Å². The van der Waals surface area contributed by atoms with Crippen LogP contribution in [0.4, 0.5) is 0 Å². The number of aliphatic imine (C=N–C) groups is 4. The van der Waals surface area contributed by atoms with Gasteiger partial charge in [-0.2, -0.15) is 0 Å². The Labute approximate surface area is 145 Å². The van der Waals surface area contributed by atoms with Gasteiger partial charge in [-0.25, -0.2) is 9.98 Å². The normalized spacial score (nSPS) is 29.2. The smallest absolute Gasteiger partial charge is 0.0721 e. The Hall–Kier alpha value is -3.40. The Balaban J connectivity index is 1.62. The van der Waals surface area contributed by atoms with Gasteiger partial charge in [0.15, 0.2) is 0 Å². The SMILES string of the molecule is C=C1C=C2CC3=N/C(=C\C4=NC(=C\C5=NC(=C\C1=N2)/C=C5)/C=C4)C=C3. The lowest BCUT2D eigenvalue weighted by Crippen LogP contribution is -1.93. The third-order valence-corrected chi connectivity index (χ3v) is 4.26. The van der Waals surface area contributed by atoms with Crippen LogP contribution in [0.5, 0.6) is 0 Å². The highest BCUT2D eigenvalue weighted by Gasteiger charge is 2.16.